The number of ether oxygens (including phenoxy) is 1. The zero-order valence-corrected chi connectivity index (χ0v) is 30.1. The Kier molecular flexibility index (Phi) is 12.9. The molecule has 0 spiro atoms. The van der Waals surface area contributed by atoms with Crippen LogP contribution in [0.1, 0.15) is 101 Å². The molecular weight excluding hydrogens is 663 g/mol. The van der Waals surface area contributed by atoms with Crippen LogP contribution >= 0.6 is 22.7 Å². The molecule has 2 aliphatic rings. The van der Waals surface area contributed by atoms with Crippen molar-refractivity contribution in [1.29, 1.82) is 0 Å². The first-order valence-electron chi connectivity index (χ1n) is 17.1. The van der Waals surface area contributed by atoms with Gasteiger partial charge in [0.1, 0.15) is 27.0 Å². The van der Waals surface area contributed by atoms with Crippen molar-refractivity contribution in [2.45, 2.75) is 76.5 Å². The Hall–Kier alpha value is -3.72. The third-order valence-corrected chi connectivity index (χ3v) is 10.9. The lowest BCUT2D eigenvalue weighted by Gasteiger charge is -2.39. The van der Waals surface area contributed by atoms with E-state index in [0.29, 0.717) is 81.3 Å². The predicted octanol–water partition coefficient (Wildman–Crippen LogP) is 4.03. The highest BCUT2D eigenvalue weighted by atomic mass is 32.1. The minimum atomic E-state index is -0.910. The highest BCUT2D eigenvalue weighted by Gasteiger charge is 2.42. The van der Waals surface area contributed by atoms with Gasteiger partial charge in [0, 0.05) is 43.9 Å². The number of thiazole rings is 2. The molecule has 3 aromatic rings. The number of amides is 4. The predicted molar refractivity (Wildman–Crippen MR) is 190 cm³/mol. The monoisotopic (exact) mass is 709 g/mol. The Morgan fingerprint density at radius 3 is 2.24 bits per heavy atom. The molecule has 4 amide bonds. The second-order valence-corrected chi connectivity index (χ2v) is 14.8. The third kappa shape index (κ3) is 9.71. The average Bonchev–Trinajstić information content (AvgIpc) is 3.80. The van der Waals surface area contributed by atoms with Crippen LogP contribution in [0.3, 0.4) is 0 Å². The Labute approximate surface area is 295 Å². The number of hydrogen-bond acceptors (Lipinski definition) is 10. The van der Waals surface area contributed by atoms with Crippen molar-refractivity contribution in [3.05, 3.63) is 68.1 Å². The van der Waals surface area contributed by atoms with Gasteiger partial charge in [-0.15, -0.1) is 22.7 Å². The lowest BCUT2D eigenvalue weighted by molar-refractivity contribution is -0.158. The summed E-state index contributed by atoms with van der Waals surface area (Å²) < 4.78 is 5.84. The van der Waals surface area contributed by atoms with Crippen LogP contribution in [0.4, 0.5) is 0 Å². The third-order valence-electron chi connectivity index (χ3n) is 8.94. The van der Waals surface area contributed by atoms with Gasteiger partial charge in [0.05, 0.1) is 12.1 Å². The molecule has 14 heteroatoms. The molecule has 0 aliphatic carbocycles. The zero-order valence-electron chi connectivity index (χ0n) is 28.5. The summed E-state index contributed by atoms with van der Waals surface area (Å²) in [6.45, 7) is 6.66. The van der Waals surface area contributed by atoms with Crippen LogP contribution in [0.25, 0.3) is 0 Å². The van der Waals surface area contributed by atoms with E-state index in [2.05, 4.69) is 45.1 Å². The van der Waals surface area contributed by atoms with Gasteiger partial charge in [0.15, 0.2) is 0 Å². The molecule has 0 radical (unpaired) electrons. The normalized spacial score (nSPS) is 21.3. The number of piperidine rings is 1. The van der Waals surface area contributed by atoms with Crippen LogP contribution in [0.2, 0.25) is 0 Å². The fraction of sp³-hybridized carbons (Fsp3) is 0.543. The molecule has 49 heavy (non-hydrogen) atoms. The summed E-state index contributed by atoms with van der Waals surface area (Å²) in [6.07, 6.45) is 3.49. The number of nitrogens with one attached hydrogen (secondary N) is 4. The summed E-state index contributed by atoms with van der Waals surface area (Å²) in [5.41, 5.74) is 0.640. The highest BCUT2D eigenvalue weighted by molar-refractivity contribution is 7.10. The van der Waals surface area contributed by atoms with Gasteiger partial charge in [0.2, 0.25) is 5.91 Å². The second-order valence-electron chi connectivity index (χ2n) is 13.1. The Bertz CT molecular complexity index is 1570. The van der Waals surface area contributed by atoms with Crippen LogP contribution in [-0.4, -0.2) is 83.9 Å². The lowest BCUT2D eigenvalue weighted by atomic mass is 9.90. The van der Waals surface area contributed by atoms with E-state index < -0.39 is 11.6 Å². The minimum Gasteiger partial charge on any atom is -0.368 e. The molecule has 1 saturated heterocycles. The summed E-state index contributed by atoms with van der Waals surface area (Å²) in [6, 6.07) is 8.95. The molecule has 0 unspecified atom stereocenters. The Balaban J connectivity index is 1.41. The van der Waals surface area contributed by atoms with E-state index in [4.69, 9.17) is 4.74 Å². The van der Waals surface area contributed by atoms with Gasteiger partial charge in [-0.25, -0.2) is 9.97 Å². The molecule has 4 bridgehead atoms. The molecule has 1 aromatic carbocycles. The van der Waals surface area contributed by atoms with E-state index in [1.165, 1.54) is 22.7 Å². The number of hydrogen-bond donors (Lipinski definition) is 4. The van der Waals surface area contributed by atoms with Crippen LogP contribution in [0, 0.1) is 5.92 Å². The van der Waals surface area contributed by atoms with Crippen LogP contribution in [0.15, 0.2) is 41.1 Å². The van der Waals surface area contributed by atoms with Gasteiger partial charge < -0.3 is 30.9 Å². The number of fused-ring (bicyclic) bond motifs is 4. The standard InChI is InChI=1S/C35H47N7O5S2/c1-23(2)19-25-32-41-28(22-49-32)31(45)39-26(20-24-9-5-4-6-10-24)33-40-27(21-48-33)30(44)37-14-8-18-42(17-7-11-29(43)38-25)34(46)35(47-3)12-15-36-16-13-35/h4-6,9-10,21-23,25-26,36H,7-8,11-20H2,1-3H3,(H,37,44)(H,38,43)(H,39,45)/t25-,26-/m0/s1. The van der Waals surface area contributed by atoms with Crippen molar-refractivity contribution in [3.63, 3.8) is 0 Å². The van der Waals surface area contributed by atoms with E-state index in [-0.39, 0.29) is 53.4 Å². The molecule has 0 saturated carbocycles. The van der Waals surface area contributed by atoms with Crippen molar-refractivity contribution >= 4 is 46.3 Å². The van der Waals surface area contributed by atoms with Gasteiger partial charge in [-0.2, -0.15) is 0 Å². The Morgan fingerprint density at radius 1 is 0.918 bits per heavy atom. The zero-order chi connectivity index (χ0) is 34.8. The Morgan fingerprint density at radius 2 is 1.57 bits per heavy atom. The molecule has 2 aromatic heterocycles. The van der Waals surface area contributed by atoms with E-state index in [1.807, 2.05) is 30.3 Å². The molecule has 4 heterocycles. The maximum Gasteiger partial charge on any atom is 0.271 e. The summed E-state index contributed by atoms with van der Waals surface area (Å²) in [7, 11) is 1.58. The van der Waals surface area contributed by atoms with Crippen molar-refractivity contribution in [3.8, 4) is 0 Å². The molecule has 5 rings (SSSR count). The quantitative estimate of drug-likeness (QED) is 0.299. The van der Waals surface area contributed by atoms with Gasteiger partial charge in [0.25, 0.3) is 17.7 Å². The number of rotatable bonds is 6. The number of carbonyl (C=O) groups is 4. The molecular formula is C35H47N7O5S2. The van der Waals surface area contributed by atoms with E-state index in [1.54, 1.807) is 22.8 Å². The molecule has 2 aliphatic heterocycles. The average molecular weight is 710 g/mol. The number of benzene rings is 1. The van der Waals surface area contributed by atoms with Crippen LogP contribution in [0.5, 0.6) is 0 Å². The maximum atomic E-state index is 13.9. The SMILES string of the molecule is COC1(C(=O)N2CCCNC(=O)c3csc(n3)[C@H](Cc3ccccc3)NC(=O)c3csc(n3)[C@H](CC(C)C)NC(=O)CCC2)CCNCC1. The second kappa shape index (κ2) is 17.3. The fourth-order valence-electron chi connectivity index (χ4n) is 6.28. The summed E-state index contributed by atoms with van der Waals surface area (Å²) >= 11 is 2.66. The number of carbonyl (C=O) groups excluding carboxylic acids is 4. The first-order chi connectivity index (χ1) is 23.7. The summed E-state index contributed by atoms with van der Waals surface area (Å²) in [4.78, 5) is 65.0. The minimum absolute atomic E-state index is 0.0830. The number of methoxy groups -OCH3 is 1. The first-order valence-corrected chi connectivity index (χ1v) is 18.8. The lowest BCUT2D eigenvalue weighted by Crippen LogP contribution is -2.55. The molecule has 1 fully saturated rings. The van der Waals surface area contributed by atoms with Gasteiger partial charge >= 0.3 is 0 Å². The van der Waals surface area contributed by atoms with Gasteiger partial charge in [-0.05, 0) is 63.1 Å². The highest BCUT2D eigenvalue weighted by Crippen LogP contribution is 2.28. The van der Waals surface area contributed by atoms with Crippen molar-refractivity contribution in [2.75, 3.05) is 39.8 Å². The maximum absolute atomic E-state index is 13.9. The summed E-state index contributed by atoms with van der Waals surface area (Å²) in [5, 5.41) is 17.2. The molecule has 12 nitrogen and oxygen atoms in total. The fourth-order valence-corrected chi connectivity index (χ4v) is 7.99. The van der Waals surface area contributed by atoms with Gasteiger partial charge in [-0.3, -0.25) is 19.2 Å². The van der Waals surface area contributed by atoms with Crippen molar-refractivity contribution in [2.24, 2.45) is 5.92 Å². The first kappa shape index (κ1) is 36.6. The molecule has 4 N–H and O–H groups in total. The van der Waals surface area contributed by atoms with Crippen LogP contribution in [-0.2, 0) is 20.7 Å². The topological polar surface area (TPSA) is 155 Å². The molecule has 2 atom stereocenters. The van der Waals surface area contributed by atoms with Gasteiger partial charge in [-0.1, -0.05) is 44.2 Å². The van der Waals surface area contributed by atoms with Crippen molar-refractivity contribution < 1.29 is 23.9 Å². The van der Waals surface area contributed by atoms with E-state index in [0.717, 1.165) is 5.56 Å². The van der Waals surface area contributed by atoms with E-state index >= 15 is 0 Å². The van der Waals surface area contributed by atoms with E-state index in [9.17, 15) is 19.2 Å². The largest absolute Gasteiger partial charge is 0.368 e. The van der Waals surface area contributed by atoms with Crippen LogP contribution < -0.4 is 21.3 Å². The number of nitrogens with zero attached hydrogens (tertiary/aromatic N) is 3. The number of aromatic nitrogens is 2. The van der Waals surface area contributed by atoms with Crippen molar-refractivity contribution in [1.82, 2.24) is 36.1 Å². The smallest absolute Gasteiger partial charge is 0.271 e. The summed E-state index contributed by atoms with van der Waals surface area (Å²) in [5.74, 6) is -0.615. The molecule has 264 valence electrons.